The van der Waals surface area contributed by atoms with Crippen molar-refractivity contribution in [2.75, 3.05) is 33.0 Å². The molecule has 1 rings (SSSR count). The van der Waals surface area contributed by atoms with Crippen molar-refractivity contribution in [3.05, 3.63) is 0 Å². The smallest absolute Gasteiger partial charge is 0.0635 e. The largest absolute Gasteiger partial charge is 0.396 e. The number of rotatable bonds is 5. The molecule has 0 bridgehead atoms. The molecule has 1 aliphatic heterocycles. The van der Waals surface area contributed by atoms with Gasteiger partial charge in [0, 0.05) is 6.61 Å². The van der Waals surface area contributed by atoms with E-state index in [0.29, 0.717) is 19.8 Å². The van der Waals surface area contributed by atoms with E-state index in [1.165, 1.54) is 0 Å². The molecule has 0 unspecified atom stereocenters. The molecule has 11 heavy (non-hydrogen) atoms. The molecule has 0 radical (unpaired) electrons. The zero-order chi connectivity index (χ0) is 8.16. The first-order chi connectivity index (χ1) is 5.33. The highest BCUT2D eigenvalue weighted by molar-refractivity contribution is 4.84. The molecule has 1 aliphatic rings. The minimum Gasteiger partial charge on any atom is -0.396 e. The SMILES string of the molecule is CCCOCC1(CO)COC1. The van der Waals surface area contributed by atoms with E-state index in [9.17, 15) is 0 Å². The molecule has 1 fully saturated rings. The second-order valence-electron chi connectivity index (χ2n) is 3.20. The number of aliphatic hydroxyl groups excluding tert-OH is 1. The summed E-state index contributed by atoms with van der Waals surface area (Å²) in [7, 11) is 0. The maximum absolute atomic E-state index is 8.98. The summed E-state index contributed by atoms with van der Waals surface area (Å²) < 4.78 is 10.4. The minimum absolute atomic E-state index is 0.0742. The lowest BCUT2D eigenvalue weighted by atomic mass is 9.88. The van der Waals surface area contributed by atoms with Crippen molar-refractivity contribution in [2.45, 2.75) is 13.3 Å². The molecule has 1 N–H and O–H groups in total. The van der Waals surface area contributed by atoms with E-state index < -0.39 is 0 Å². The van der Waals surface area contributed by atoms with Crippen LogP contribution in [0.15, 0.2) is 0 Å². The maximum atomic E-state index is 8.98. The van der Waals surface area contributed by atoms with Crippen molar-refractivity contribution in [3.8, 4) is 0 Å². The van der Waals surface area contributed by atoms with Gasteiger partial charge in [0.2, 0.25) is 0 Å². The van der Waals surface area contributed by atoms with Crippen LogP contribution in [0.2, 0.25) is 0 Å². The van der Waals surface area contributed by atoms with E-state index in [0.717, 1.165) is 13.0 Å². The van der Waals surface area contributed by atoms with Gasteiger partial charge < -0.3 is 14.6 Å². The Labute approximate surface area is 67.3 Å². The van der Waals surface area contributed by atoms with Crippen molar-refractivity contribution in [1.29, 1.82) is 0 Å². The molecule has 0 aromatic heterocycles. The molecule has 0 aromatic rings. The molecule has 0 amide bonds. The highest BCUT2D eigenvalue weighted by atomic mass is 16.5. The van der Waals surface area contributed by atoms with Crippen LogP contribution < -0.4 is 0 Å². The number of ether oxygens (including phenoxy) is 2. The first-order valence-corrected chi connectivity index (χ1v) is 4.09. The van der Waals surface area contributed by atoms with Gasteiger partial charge >= 0.3 is 0 Å². The van der Waals surface area contributed by atoms with Gasteiger partial charge in [-0.2, -0.15) is 0 Å². The van der Waals surface area contributed by atoms with Crippen LogP contribution in [0.25, 0.3) is 0 Å². The average molecular weight is 160 g/mol. The summed E-state index contributed by atoms with van der Waals surface area (Å²) in [6, 6.07) is 0. The van der Waals surface area contributed by atoms with E-state index in [4.69, 9.17) is 14.6 Å². The Hall–Kier alpha value is -0.120. The highest BCUT2D eigenvalue weighted by Gasteiger charge is 2.38. The van der Waals surface area contributed by atoms with Crippen LogP contribution in [0.4, 0.5) is 0 Å². The van der Waals surface area contributed by atoms with Crippen LogP contribution in [0.3, 0.4) is 0 Å². The first kappa shape index (κ1) is 8.97. The molecule has 3 nitrogen and oxygen atoms in total. The summed E-state index contributed by atoms with van der Waals surface area (Å²) in [5.41, 5.74) is -0.0742. The molecule has 0 saturated carbocycles. The molecule has 0 spiro atoms. The fraction of sp³-hybridized carbons (Fsp3) is 1.00. The van der Waals surface area contributed by atoms with Crippen molar-refractivity contribution in [1.82, 2.24) is 0 Å². The molecule has 1 heterocycles. The first-order valence-electron chi connectivity index (χ1n) is 4.09. The molecule has 3 heteroatoms. The van der Waals surface area contributed by atoms with Gasteiger partial charge in [0.1, 0.15) is 0 Å². The third-order valence-corrected chi connectivity index (χ3v) is 1.91. The van der Waals surface area contributed by atoms with E-state index in [1.807, 2.05) is 0 Å². The second kappa shape index (κ2) is 4.04. The lowest BCUT2D eigenvalue weighted by Gasteiger charge is -2.39. The van der Waals surface area contributed by atoms with Crippen LogP contribution in [-0.4, -0.2) is 38.1 Å². The summed E-state index contributed by atoms with van der Waals surface area (Å²) in [6.45, 7) is 4.96. The van der Waals surface area contributed by atoms with Gasteiger partial charge in [0.15, 0.2) is 0 Å². The van der Waals surface area contributed by atoms with Gasteiger partial charge in [-0.15, -0.1) is 0 Å². The van der Waals surface area contributed by atoms with Crippen molar-refractivity contribution in [2.24, 2.45) is 5.41 Å². The molecule has 0 atom stereocenters. The standard InChI is InChI=1S/C8H16O3/c1-2-3-10-5-8(4-9)6-11-7-8/h9H,2-7H2,1H3. The predicted molar refractivity (Wildman–Crippen MR) is 41.4 cm³/mol. The molecule has 0 aliphatic carbocycles. The fourth-order valence-corrected chi connectivity index (χ4v) is 1.04. The van der Waals surface area contributed by atoms with Gasteiger partial charge in [0.05, 0.1) is 31.8 Å². The van der Waals surface area contributed by atoms with Crippen LogP contribution in [-0.2, 0) is 9.47 Å². The summed E-state index contributed by atoms with van der Waals surface area (Å²) >= 11 is 0. The van der Waals surface area contributed by atoms with Gasteiger partial charge in [0.25, 0.3) is 0 Å². The van der Waals surface area contributed by atoms with Crippen molar-refractivity contribution < 1.29 is 14.6 Å². The third kappa shape index (κ3) is 2.15. The zero-order valence-corrected chi connectivity index (χ0v) is 7.01. The average Bonchev–Trinajstić information content (AvgIpc) is 1.95. The predicted octanol–water partition coefficient (Wildman–Crippen LogP) is 0.422. The van der Waals surface area contributed by atoms with Crippen LogP contribution in [0.5, 0.6) is 0 Å². The summed E-state index contributed by atoms with van der Waals surface area (Å²) in [4.78, 5) is 0. The van der Waals surface area contributed by atoms with Crippen LogP contribution >= 0.6 is 0 Å². The molecule has 1 saturated heterocycles. The van der Waals surface area contributed by atoms with Gasteiger partial charge in [-0.3, -0.25) is 0 Å². The van der Waals surface area contributed by atoms with Gasteiger partial charge in [-0.25, -0.2) is 0 Å². The van der Waals surface area contributed by atoms with Crippen molar-refractivity contribution >= 4 is 0 Å². The summed E-state index contributed by atoms with van der Waals surface area (Å²) in [6.07, 6.45) is 1.03. The summed E-state index contributed by atoms with van der Waals surface area (Å²) in [5.74, 6) is 0. The van der Waals surface area contributed by atoms with Crippen LogP contribution in [0, 0.1) is 5.41 Å². The van der Waals surface area contributed by atoms with Gasteiger partial charge in [-0.05, 0) is 6.42 Å². The molecular formula is C8H16O3. The van der Waals surface area contributed by atoms with Crippen LogP contribution in [0.1, 0.15) is 13.3 Å². The summed E-state index contributed by atoms with van der Waals surface area (Å²) in [5, 5.41) is 8.98. The minimum atomic E-state index is -0.0742. The Morgan fingerprint density at radius 2 is 2.27 bits per heavy atom. The maximum Gasteiger partial charge on any atom is 0.0635 e. The van der Waals surface area contributed by atoms with Gasteiger partial charge in [-0.1, -0.05) is 6.92 Å². The molecule has 66 valence electrons. The van der Waals surface area contributed by atoms with E-state index >= 15 is 0 Å². The Morgan fingerprint density at radius 3 is 2.64 bits per heavy atom. The number of aliphatic hydroxyl groups is 1. The molecular weight excluding hydrogens is 144 g/mol. The topological polar surface area (TPSA) is 38.7 Å². The third-order valence-electron chi connectivity index (χ3n) is 1.91. The Morgan fingerprint density at radius 1 is 1.55 bits per heavy atom. The quantitative estimate of drug-likeness (QED) is 0.592. The Kier molecular flexibility index (Phi) is 3.30. The Bertz CT molecular complexity index is 104. The highest BCUT2D eigenvalue weighted by Crippen LogP contribution is 2.26. The monoisotopic (exact) mass is 160 g/mol. The normalized spacial score (nSPS) is 21.3. The van der Waals surface area contributed by atoms with E-state index in [1.54, 1.807) is 0 Å². The fourth-order valence-electron chi connectivity index (χ4n) is 1.04. The number of hydrogen-bond acceptors (Lipinski definition) is 3. The zero-order valence-electron chi connectivity index (χ0n) is 7.01. The van der Waals surface area contributed by atoms with E-state index in [2.05, 4.69) is 6.92 Å². The Balaban J connectivity index is 2.11. The van der Waals surface area contributed by atoms with Crippen molar-refractivity contribution in [3.63, 3.8) is 0 Å². The molecule has 0 aromatic carbocycles. The van der Waals surface area contributed by atoms with E-state index in [-0.39, 0.29) is 12.0 Å². The lowest BCUT2D eigenvalue weighted by molar-refractivity contribution is -0.168. The second-order valence-corrected chi connectivity index (χ2v) is 3.20. The lowest BCUT2D eigenvalue weighted by Crippen LogP contribution is -2.49. The number of hydrogen-bond donors (Lipinski definition) is 1.